The summed E-state index contributed by atoms with van der Waals surface area (Å²) < 4.78 is 0. The van der Waals surface area contributed by atoms with Crippen LogP contribution in [0.2, 0.25) is 10.0 Å². The molecular weight excluding hydrogens is 219 g/mol. The lowest BCUT2D eigenvalue weighted by Gasteiger charge is -2.09. The Morgan fingerprint density at radius 3 is 2.57 bits per heavy atom. The average Bonchev–Trinajstić information content (AvgIpc) is 2.12. The van der Waals surface area contributed by atoms with Gasteiger partial charge >= 0.3 is 0 Å². The maximum absolute atomic E-state index is 9.59. The maximum atomic E-state index is 9.59. The van der Waals surface area contributed by atoms with Gasteiger partial charge in [0.1, 0.15) is 0 Å². The summed E-state index contributed by atoms with van der Waals surface area (Å²) in [7, 11) is 0. The number of benzene rings is 1. The molecule has 0 fully saturated rings. The monoisotopic (exact) mass is 232 g/mol. The summed E-state index contributed by atoms with van der Waals surface area (Å²) >= 11 is 11.6. The number of aliphatic hydroxyl groups is 1. The molecule has 14 heavy (non-hydrogen) atoms. The highest BCUT2D eigenvalue weighted by Gasteiger charge is 2.05. The lowest BCUT2D eigenvalue weighted by molar-refractivity contribution is 0.164. The van der Waals surface area contributed by atoms with E-state index >= 15 is 0 Å². The molecule has 0 bridgehead atoms. The molecule has 0 aliphatic heterocycles. The molecule has 0 unspecified atom stereocenters. The largest absolute Gasteiger partial charge is 0.393 e. The molecule has 0 heterocycles. The van der Waals surface area contributed by atoms with E-state index in [1.165, 1.54) is 0 Å². The van der Waals surface area contributed by atoms with Crippen molar-refractivity contribution in [1.82, 2.24) is 0 Å². The molecule has 0 saturated carbocycles. The summed E-state index contributed by atoms with van der Waals surface area (Å²) in [6, 6.07) is 5.47. The van der Waals surface area contributed by atoms with Crippen molar-refractivity contribution in [2.24, 2.45) is 0 Å². The highest BCUT2D eigenvalue weighted by atomic mass is 35.5. The van der Waals surface area contributed by atoms with Crippen molar-refractivity contribution in [3.8, 4) is 0 Å². The van der Waals surface area contributed by atoms with Gasteiger partial charge in [-0.05, 0) is 30.5 Å². The Labute approximate surface area is 94.7 Å². The third-order valence-corrected chi connectivity index (χ3v) is 2.82. The number of rotatable bonds is 4. The summed E-state index contributed by atoms with van der Waals surface area (Å²) in [6.45, 7) is 2.05. The van der Waals surface area contributed by atoms with Crippen LogP contribution in [-0.4, -0.2) is 11.2 Å². The van der Waals surface area contributed by atoms with Crippen LogP contribution in [0.5, 0.6) is 0 Å². The second-order valence-corrected chi connectivity index (χ2v) is 4.21. The van der Waals surface area contributed by atoms with E-state index < -0.39 is 0 Å². The minimum absolute atomic E-state index is 0.280. The lowest BCUT2D eigenvalue weighted by Crippen LogP contribution is -2.09. The van der Waals surface area contributed by atoms with E-state index in [0.29, 0.717) is 16.5 Å². The third kappa shape index (κ3) is 3.49. The average molecular weight is 233 g/mol. The zero-order valence-corrected chi connectivity index (χ0v) is 9.65. The van der Waals surface area contributed by atoms with Crippen LogP contribution in [0.3, 0.4) is 0 Å². The Bertz CT molecular complexity index is 299. The number of hydrogen-bond donors (Lipinski definition) is 1. The highest BCUT2D eigenvalue weighted by molar-refractivity contribution is 6.42. The topological polar surface area (TPSA) is 20.2 Å². The van der Waals surface area contributed by atoms with Gasteiger partial charge in [0, 0.05) is 0 Å². The standard InChI is InChI=1S/C11H14Cl2O/c1-2-3-9(14)6-8-4-5-10(12)11(13)7-8/h4-5,7,9,14H,2-3,6H2,1H3/t9-/m1/s1. The molecule has 0 radical (unpaired) electrons. The van der Waals surface area contributed by atoms with E-state index in [1.54, 1.807) is 6.07 Å². The van der Waals surface area contributed by atoms with Crippen LogP contribution in [-0.2, 0) is 6.42 Å². The molecule has 0 aromatic heterocycles. The van der Waals surface area contributed by atoms with Gasteiger partial charge in [0.15, 0.2) is 0 Å². The maximum Gasteiger partial charge on any atom is 0.0595 e. The Morgan fingerprint density at radius 1 is 1.29 bits per heavy atom. The molecule has 1 N–H and O–H groups in total. The van der Waals surface area contributed by atoms with Gasteiger partial charge in [0.05, 0.1) is 16.1 Å². The molecular formula is C11H14Cl2O. The molecule has 78 valence electrons. The Morgan fingerprint density at radius 2 is 2.00 bits per heavy atom. The summed E-state index contributed by atoms with van der Waals surface area (Å²) in [5.74, 6) is 0. The van der Waals surface area contributed by atoms with Gasteiger partial charge in [0.25, 0.3) is 0 Å². The minimum Gasteiger partial charge on any atom is -0.393 e. The molecule has 1 aromatic rings. The van der Waals surface area contributed by atoms with Crippen LogP contribution >= 0.6 is 23.2 Å². The van der Waals surface area contributed by atoms with E-state index in [-0.39, 0.29) is 6.10 Å². The van der Waals surface area contributed by atoms with Crippen molar-refractivity contribution in [2.75, 3.05) is 0 Å². The quantitative estimate of drug-likeness (QED) is 0.840. The fraction of sp³-hybridized carbons (Fsp3) is 0.455. The number of halogens is 2. The fourth-order valence-corrected chi connectivity index (χ4v) is 1.69. The molecule has 0 spiro atoms. The summed E-state index contributed by atoms with van der Waals surface area (Å²) in [5.41, 5.74) is 1.03. The second kappa shape index (κ2) is 5.59. The van der Waals surface area contributed by atoms with E-state index in [9.17, 15) is 5.11 Å². The Kier molecular flexibility index (Phi) is 4.73. The minimum atomic E-state index is -0.280. The molecule has 0 amide bonds. The predicted molar refractivity (Wildman–Crippen MR) is 61.1 cm³/mol. The van der Waals surface area contributed by atoms with Gasteiger partial charge in [-0.2, -0.15) is 0 Å². The first-order valence-electron chi connectivity index (χ1n) is 4.75. The summed E-state index contributed by atoms with van der Waals surface area (Å²) in [5, 5.41) is 10.7. The van der Waals surface area contributed by atoms with Gasteiger partial charge in [0.2, 0.25) is 0 Å². The molecule has 1 atom stereocenters. The molecule has 0 aliphatic rings. The van der Waals surface area contributed by atoms with Crippen LogP contribution in [0.15, 0.2) is 18.2 Å². The number of hydrogen-bond acceptors (Lipinski definition) is 1. The van der Waals surface area contributed by atoms with Crippen LogP contribution < -0.4 is 0 Å². The summed E-state index contributed by atoms with van der Waals surface area (Å²) in [4.78, 5) is 0. The second-order valence-electron chi connectivity index (χ2n) is 3.40. The Balaban J connectivity index is 2.63. The molecule has 1 nitrogen and oxygen atoms in total. The zero-order valence-electron chi connectivity index (χ0n) is 8.13. The smallest absolute Gasteiger partial charge is 0.0595 e. The van der Waals surface area contributed by atoms with Crippen LogP contribution in [0, 0.1) is 0 Å². The predicted octanol–water partition coefficient (Wildman–Crippen LogP) is 3.70. The van der Waals surface area contributed by atoms with Crippen LogP contribution in [0.1, 0.15) is 25.3 Å². The van der Waals surface area contributed by atoms with Gasteiger partial charge in [-0.3, -0.25) is 0 Å². The highest BCUT2D eigenvalue weighted by Crippen LogP contribution is 2.23. The first-order valence-corrected chi connectivity index (χ1v) is 5.51. The van der Waals surface area contributed by atoms with Crippen molar-refractivity contribution in [2.45, 2.75) is 32.3 Å². The molecule has 1 aromatic carbocycles. The van der Waals surface area contributed by atoms with Gasteiger partial charge in [-0.15, -0.1) is 0 Å². The van der Waals surface area contributed by atoms with Crippen molar-refractivity contribution in [1.29, 1.82) is 0 Å². The first kappa shape index (κ1) is 11.8. The van der Waals surface area contributed by atoms with E-state index in [1.807, 2.05) is 12.1 Å². The Hall–Kier alpha value is -0.240. The van der Waals surface area contributed by atoms with Crippen LogP contribution in [0.4, 0.5) is 0 Å². The molecule has 1 rings (SSSR count). The van der Waals surface area contributed by atoms with Gasteiger partial charge in [-0.1, -0.05) is 42.6 Å². The van der Waals surface area contributed by atoms with Crippen LogP contribution in [0.25, 0.3) is 0 Å². The lowest BCUT2D eigenvalue weighted by atomic mass is 10.0. The van der Waals surface area contributed by atoms with Gasteiger partial charge < -0.3 is 5.11 Å². The fourth-order valence-electron chi connectivity index (χ4n) is 1.37. The molecule has 0 saturated heterocycles. The zero-order chi connectivity index (χ0) is 10.6. The van der Waals surface area contributed by atoms with Crippen molar-refractivity contribution in [3.05, 3.63) is 33.8 Å². The van der Waals surface area contributed by atoms with E-state index in [4.69, 9.17) is 23.2 Å². The van der Waals surface area contributed by atoms with Crippen molar-refractivity contribution < 1.29 is 5.11 Å². The molecule has 3 heteroatoms. The first-order chi connectivity index (χ1) is 6.63. The van der Waals surface area contributed by atoms with E-state index in [0.717, 1.165) is 18.4 Å². The SMILES string of the molecule is CCC[C@@H](O)Cc1ccc(Cl)c(Cl)c1. The third-order valence-electron chi connectivity index (χ3n) is 2.08. The summed E-state index contributed by atoms with van der Waals surface area (Å²) in [6.07, 6.45) is 2.17. The normalized spacial score (nSPS) is 12.9. The van der Waals surface area contributed by atoms with Crippen molar-refractivity contribution >= 4 is 23.2 Å². The van der Waals surface area contributed by atoms with E-state index in [2.05, 4.69) is 6.92 Å². The number of aliphatic hydroxyl groups excluding tert-OH is 1. The van der Waals surface area contributed by atoms with Crippen molar-refractivity contribution in [3.63, 3.8) is 0 Å². The molecule has 0 aliphatic carbocycles. The van der Waals surface area contributed by atoms with Gasteiger partial charge in [-0.25, -0.2) is 0 Å².